The van der Waals surface area contributed by atoms with Crippen LogP contribution in [0, 0.1) is 19.7 Å². The maximum Gasteiger partial charge on any atom is 0.367 e. The minimum absolute atomic E-state index is 0.0720. The number of rotatable bonds is 11. The van der Waals surface area contributed by atoms with Crippen LogP contribution in [0.2, 0.25) is 0 Å². The fraction of sp³-hybridized carbons (Fsp3) is 0.219. The molecule has 0 aliphatic heterocycles. The van der Waals surface area contributed by atoms with Crippen molar-refractivity contribution in [2.45, 2.75) is 27.7 Å². The van der Waals surface area contributed by atoms with E-state index >= 15 is 0 Å². The van der Waals surface area contributed by atoms with E-state index in [1.54, 1.807) is 13.0 Å². The number of nitrogens with zero attached hydrogens (tertiary/aromatic N) is 1. The fourth-order valence-corrected chi connectivity index (χ4v) is 5.78. The number of hydrogen-bond acceptors (Lipinski definition) is 5. The van der Waals surface area contributed by atoms with Crippen molar-refractivity contribution in [1.82, 2.24) is 4.98 Å². The molecule has 8 heteroatoms. The zero-order valence-electron chi connectivity index (χ0n) is 23.0. The first kappa shape index (κ1) is 29.3. The normalized spacial score (nSPS) is 13.1. The average molecular weight is 564 g/mol. The van der Waals surface area contributed by atoms with Crippen LogP contribution in [0.15, 0.2) is 79.4 Å². The second-order valence-electron chi connectivity index (χ2n) is 9.50. The molecule has 0 amide bonds. The van der Waals surface area contributed by atoms with Crippen LogP contribution in [-0.2, 0) is 13.8 Å². The number of halogens is 2. The molecule has 1 aromatic heterocycles. The van der Waals surface area contributed by atoms with Gasteiger partial charge in [-0.1, -0.05) is 60.7 Å². The topological polar surface area (TPSA) is 57.7 Å². The first-order chi connectivity index (χ1) is 19.2. The van der Waals surface area contributed by atoms with Gasteiger partial charge in [-0.05, 0) is 78.7 Å². The van der Waals surface area contributed by atoms with Crippen molar-refractivity contribution in [3.63, 3.8) is 0 Å². The predicted molar refractivity (Wildman–Crippen MR) is 158 cm³/mol. The third-order valence-corrected chi connectivity index (χ3v) is 8.04. The van der Waals surface area contributed by atoms with Crippen LogP contribution in [0.25, 0.3) is 38.9 Å². The van der Waals surface area contributed by atoms with E-state index in [1.165, 1.54) is 18.2 Å². The van der Waals surface area contributed by atoms with Crippen molar-refractivity contribution < 1.29 is 27.5 Å². The third kappa shape index (κ3) is 6.39. The Hall–Kier alpha value is -3.64. The number of hydrogen-bond donors (Lipinski definition) is 0. The molecule has 1 heterocycles. The van der Waals surface area contributed by atoms with Crippen LogP contribution in [-0.4, -0.2) is 24.4 Å². The van der Waals surface area contributed by atoms with Gasteiger partial charge in [0.25, 0.3) is 0 Å². The average Bonchev–Trinajstić information content (AvgIpc) is 2.93. The monoisotopic (exact) mass is 563 g/mol. The number of fused-ring (bicyclic) bond motifs is 1. The van der Waals surface area contributed by atoms with E-state index in [4.69, 9.17) is 14.2 Å². The summed E-state index contributed by atoms with van der Waals surface area (Å²) in [7, 11) is -3.81. The first-order valence-electron chi connectivity index (χ1n) is 12.9. The highest BCUT2D eigenvalue weighted by molar-refractivity contribution is 7.53. The Kier molecular flexibility index (Phi) is 9.31. The van der Waals surface area contributed by atoms with Gasteiger partial charge in [-0.15, -0.1) is 4.73 Å². The lowest BCUT2D eigenvalue weighted by Crippen LogP contribution is -2.01. The maximum absolute atomic E-state index is 14.3. The van der Waals surface area contributed by atoms with E-state index in [1.807, 2.05) is 69.3 Å². The number of pyridine rings is 1. The number of ether oxygens (including phenoxy) is 1. The molecule has 0 N–H and O–H groups in total. The van der Waals surface area contributed by atoms with Gasteiger partial charge in [0.2, 0.25) is 0 Å². The summed E-state index contributed by atoms with van der Waals surface area (Å²) in [6, 6.07) is 18.7. The van der Waals surface area contributed by atoms with E-state index < -0.39 is 7.60 Å². The Morgan fingerprint density at radius 2 is 1.80 bits per heavy atom. The molecule has 0 saturated carbocycles. The summed E-state index contributed by atoms with van der Waals surface area (Å²) < 4.78 is 53.8. The van der Waals surface area contributed by atoms with Gasteiger partial charge >= 0.3 is 7.60 Å². The summed E-state index contributed by atoms with van der Waals surface area (Å²) in [4.78, 5) is 4.96. The van der Waals surface area contributed by atoms with Crippen molar-refractivity contribution in [3.05, 3.63) is 102 Å². The molecule has 0 fully saturated rings. The van der Waals surface area contributed by atoms with Crippen LogP contribution in [0.4, 0.5) is 8.92 Å². The Morgan fingerprint density at radius 3 is 2.48 bits per heavy atom. The van der Waals surface area contributed by atoms with Gasteiger partial charge in [0.15, 0.2) is 0 Å². The Balaban J connectivity index is 1.76. The Labute approximate surface area is 233 Å². The molecule has 1 unspecified atom stereocenters. The molecule has 1 atom stereocenters. The summed E-state index contributed by atoms with van der Waals surface area (Å²) in [5, 5.41) is 0.732. The predicted octanol–water partition coefficient (Wildman–Crippen LogP) is 9.42. The zero-order valence-corrected chi connectivity index (χ0v) is 23.9. The van der Waals surface area contributed by atoms with Gasteiger partial charge < -0.3 is 9.26 Å². The highest BCUT2D eigenvalue weighted by Gasteiger charge is 2.23. The summed E-state index contributed by atoms with van der Waals surface area (Å²) in [6.07, 6.45) is 2.94. The Bertz CT molecular complexity index is 1620. The van der Waals surface area contributed by atoms with Crippen molar-refractivity contribution in [1.29, 1.82) is 0 Å². The largest absolute Gasteiger partial charge is 0.489 e. The van der Waals surface area contributed by atoms with Gasteiger partial charge in [0, 0.05) is 16.5 Å². The number of benzene rings is 3. The van der Waals surface area contributed by atoms with Crippen LogP contribution >= 0.6 is 7.60 Å². The van der Waals surface area contributed by atoms with E-state index in [2.05, 4.69) is 11.3 Å². The van der Waals surface area contributed by atoms with Gasteiger partial charge in [-0.25, -0.2) is 9.37 Å². The van der Waals surface area contributed by atoms with E-state index in [-0.39, 0.29) is 25.2 Å². The third-order valence-electron chi connectivity index (χ3n) is 6.52. The van der Waals surface area contributed by atoms with Crippen molar-refractivity contribution in [2.24, 2.45) is 0 Å². The van der Waals surface area contributed by atoms with Gasteiger partial charge in [0.1, 0.15) is 18.2 Å². The molecule has 3 aromatic carbocycles. The van der Waals surface area contributed by atoms with Crippen LogP contribution in [0.5, 0.6) is 5.75 Å². The molecule has 40 heavy (non-hydrogen) atoms. The van der Waals surface area contributed by atoms with Crippen LogP contribution < -0.4 is 4.74 Å². The van der Waals surface area contributed by atoms with Gasteiger partial charge in [0.05, 0.1) is 24.0 Å². The van der Waals surface area contributed by atoms with Crippen molar-refractivity contribution >= 4 is 24.1 Å². The smallest absolute Gasteiger partial charge is 0.367 e. The Morgan fingerprint density at radius 1 is 1.05 bits per heavy atom. The first-order valence-corrected chi connectivity index (χ1v) is 14.7. The molecular formula is C32H32F2NO4P. The minimum Gasteiger partial charge on any atom is -0.489 e. The molecule has 4 aromatic rings. The van der Waals surface area contributed by atoms with Gasteiger partial charge in [-0.2, -0.15) is 0 Å². The second kappa shape index (κ2) is 12.7. The van der Waals surface area contributed by atoms with Crippen molar-refractivity contribution in [3.8, 4) is 28.1 Å². The molecule has 208 valence electrons. The summed E-state index contributed by atoms with van der Waals surface area (Å²) in [5.41, 5.74) is 7.46. The molecule has 0 aliphatic carbocycles. The SMILES string of the molecule is C=C(C)c1c(C)c(-c2ccc(-c3ccccc3)c(OC/C=C/CP(=O)(OF)OCC)c2)nc2c(C)cc(F)cc12. The van der Waals surface area contributed by atoms with Crippen LogP contribution in [0.3, 0.4) is 0 Å². The molecule has 4 rings (SSSR count). The standard InChI is InChI=1S/C32H32F2NO4P/c1-6-38-40(36,39-34)17-11-10-16-37-29-19-25(14-15-27(29)24-12-8-7-9-13-24)32-23(5)30(21(2)3)28-20-26(33)18-22(4)31(28)35-32/h7-15,18-20H,2,6,16-17H2,1,3-5H3/b11-10+. The minimum atomic E-state index is -3.81. The van der Waals surface area contributed by atoms with Gasteiger partial charge in [-0.3, -0.25) is 4.57 Å². The molecule has 5 nitrogen and oxygen atoms in total. The quantitative estimate of drug-likeness (QED) is 0.134. The molecule has 0 spiro atoms. The van der Waals surface area contributed by atoms with Crippen molar-refractivity contribution in [2.75, 3.05) is 19.4 Å². The van der Waals surface area contributed by atoms with E-state index in [0.29, 0.717) is 11.3 Å². The molecule has 0 aliphatic rings. The molecule has 0 radical (unpaired) electrons. The van der Waals surface area contributed by atoms with Crippen LogP contribution in [0.1, 0.15) is 30.5 Å². The summed E-state index contributed by atoms with van der Waals surface area (Å²) in [6.45, 7) is 11.7. The molecule has 0 saturated heterocycles. The summed E-state index contributed by atoms with van der Waals surface area (Å²) >= 11 is 0. The van der Waals surface area contributed by atoms with E-state index in [0.717, 1.165) is 50.0 Å². The number of aromatic nitrogens is 1. The summed E-state index contributed by atoms with van der Waals surface area (Å²) in [5.74, 6) is 0.296. The highest BCUT2D eigenvalue weighted by Crippen LogP contribution is 2.48. The molecular weight excluding hydrogens is 531 g/mol. The number of allylic oxidation sites excluding steroid dienone is 2. The zero-order chi connectivity index (χ0) is 28.9. The lowest BCUT2D eigenvalue weighted by Gasteiger charge is -2.18. The second-order valence-corrected chi connectivity index (χ2v) is 11.5. The molecule has 0 bridgehead atoms. The van der Waals surface area contributed by atoms with E-state index in [9.17, 15) is 13.5 Å². The maximum atomic E-state index is 14.3. The number of aryl methyl sites for hydroxylation is 1. The lowest BCUT2D eigenvalue weighted by atomic mass is 9.92. The highest BCUT2D eigenvalue weighted by atomic mass is 31.2. The fourth-order valence-electron chi connectivity index (χ4n) is 4.77. The lowest BCUT2D eigenvalue weighted by molar-refractivity contribution is -0.0248.